The fourth-order valence-electron chi connectivity index (χ4n) is 2.57. The van der Waals surface area contributed by atoms with Crippen molar-refractivity contribution in [3.8, 4) is 0 Å². The number of hydrogen-bond donors (Lipinski definition) is 3. The summed E-state index contributed by atoms with van der Waals surface area (Å²) < 4.78 is 29.4. The molecule has 0 amide bonds. The molecule has 0 radical (unpaired) electrons. The van der Waals surface area contributed by atoms with E-state index < -0.39 is 39.6 Å². The minimum Gasteiger partial charge on any atom is -1.00 e. The Kier molecular flexibility index (Phi) is 15.2. The number of carboxylic acids is 2. The molecule has 0 rings (SSSR count). The van der Waals surface area contributed by atoms with Gasteiger partial charge < -0.3 is 11.6 Å². The van der Waals surface area contributed by atoms with E-state index in [1.54, 1.807) is 0 Å². The van der Waals surface area contributed by atoms with E-state index in [1.165, 1.54) is 19.3 Å². The summed E-state index contributed by atoms with van der Waals surface area (Å²) in [6.07, 6.45) is 6.94. The van der Waals surface area contributed by atoms with Gasteiger partial charge in [-0.25, -0.2) is 0 Å². The van der Waals surface area contributed by atoms with Crippen molar-refractivity contribution in [1.29, 1.82) is 0 Å². The van der Waals surface area contributed by atoms with Crippen LogP contribution in [0.2, 0.25) is 0 Å². The number of rotatable bonds is 14. The molecule has 0 aromatic carbocycles. The van der Waals surface area contributed by atoms with E-state index in [9.17, 15) is 22.6 Å². The van der Waals surface area contributed by atoms with Gasteiger partial charge in [-0.1, -0.05) is 64.7 Å². The van der Waals surface area contributed by atoms with Crippen molar-refractivity contribution in [3.05, 3.63) is 0 Å². The SMILES string of the molecule is CCCCCCCCCCCC(CC(=O)O)(C(=O)O)S(=O)(=O)O.[H-].[K+]. The van der Waals surface area contributed by atoms with Crippen molar-refractivity contribution < 1.29 is 85.6 Å². The monoisotopic (exact) mass is 392 g/mol. The molecular weight excluding hydrogens is 363 g/mol. The number of carbonyl (C=O) groups is 2. The Morgan fingerprint density at radius 3 is 1.67 bits per heavy atom. The molecule has 0 aliphatic rings. The van der Waals surface area contributed by atoms with E-state index in [0.29, 0.717) is 6.42 Å². The standard InChI is InChI=1S/C15H28O7S.K.H/c1-2-3-4-5-6-7-8-9-10-11-15(14(18)19,12-13(16)17)23(20,21)22;;/h2-12H2,1H3,(H,16,17)(H,18,19)(H,20,21,22);;/q;+1;-1. The molecule has 0 bridgehead atoms. The smallest absolute Gasteiger partial charge is 1.00 e. The van der Waals surface area contributed by atoms with E-state index in [-0.39, 0.29) is 59.2 Å². The van der Waals surface area contributed by atoms with Crippen molar-refractivity contribution in [2.24, 2.45) is 0 Å². The minimum atomic E-state index is -5.01. The first-order valence-corrected chi connectivity index (χ1v) is 9.53. The second-order valence-electron chi connectivity index (χ2n) is 5.92. The van der Waals surface area contributed by atoms with Crippen LogP contribution in [0.3, 0.4) is 0 Å². The predicted molar refractivity (Wildman–Crippen MR) is 87.1 cm³/mol. The van der Waals surface area contributed by atoms with Gasteiger partial charge in [-0.2, -0.15) is 8.42 Å². The Hall–Kier alpha value is 0.486. The first-order valence-electron chi connectivity index (χ1n) is 8.09. The molecule has 0 aromatic rings. The first kappa shape index (κ1) is 26.7. The Bertz CT molecular complexity index is 484. The third kappa shape index (κ3) is 9.84. The first-order chi connectivity index (χ1) is 10.7. The summed E-state index contributed by atoms with van der Waals surface area (Å²) in [5.74, 6) is -3.39. The Morgan fingerprint density at radius 2 is 1.33 bits per heavy atom. The molecule has 9 heteroatoms. The zero-order chi connectivity index (χ0) is 17.9. The van der Waals surface area contributed by atoms with Gasteiger partial charge in [0.2, 0.25) is 4.75 Å². The molecule has 24 heavy (non-hydrogen) atoms. The molecule has 0 heterocycles. The molecule has 3 N–H and O–H groups in total. The maximum atomic E-state index is 11.4. The molecule has 0 aromatic heterocycles. The molecule has 0 aliphatic heterocycles. The molecule has 0 saturated heterocycles. The van der Waals surface area contributed by atoms with Gasteiger partial charge >= 0.3 is 63.3 Å². The zero-order valence-corrected chi connectivity index (χ0v) is 18.6. The largest absolute Gasteiger partial charge is 1.00 e. The van der Waals surface area contributed by atoms with E-state index in [0.717, 1.165) is 25.7 Å². The third-order valence-electron chi connectivity index (χ3n) is 4.00. The molecule has 0 fully saturated rings. The van der Waals surface area contributed by atoms with E-state index >= 15 is 0 Å². The topological polar surface area (TPSA) is 129 Å². The van der Waals surface area contributed by atoms with Gasteiger partial charge in [-0.15, -0.1) is 0 Å². The minimum absolute atomic E-state index is 0. The Morgan fingerprint density at radius 1 is 0.917 bits per heavy atom. The second-order valence-corrected chi connectivity index (χ2v) is 7.66. The molecule has 0 spiro atoms. The molecular formula is C15H29KO7S. The number of carboxylic acid groups (broad SMARTS) is 2. The van der Waals surface area contributed by atoms with Gasteiger partial charge in [-0.3, -0.25) is 14.1 Å². The van der Waals surface area contributed by atoms with E-state index in [2.05, 4.69) is 6.92 Å². The molecule has 138 valence electrons. The van der Waals surface area contributed by atoms with Gasteiger partial charge in [0.25, 0.3) is 10.1 Å². The van der Waals surface area contributed by atoms with Crippen molar-refractivity contribution >= 4 is 22.1 Å². The summed E-state index contributed by atoms with van der Waals surface area (Å²) in [7, 11) is -5.01. The third-order valence-corrected chi connectivity index (χ3v) is 5.52. The Balaban J connectivity index is -0.00000242. The molecule has 1 atom stereocenters. The summed E-state index contributed by atoms with van der Waals surface area (Å²) in [5, 5.41) is 17.9. The maximum Gasteiger partial charge on any atom is 1.00 e. The Labute approximate surface area is 188 Å². The summed E-state index contributed by atoms with van der Waals surface area (Å²) in [6.45, 7) is 2.14. The van der Waals surface area contributed by atoms with E-state index in [4.69, 9.17) is 10.2 Å². The van der Waals surface area contributed by atoms with Crippen LogP contribution in [0.25, 0.3) is 0 Å². The van der Waals surface area contributed by atoms with Crippen LogP contribution in [0.5, 0.6) is 0 Å². The quantitative estimate of drug-likeness (QED) is 0.219. The van der Waals surface area contributed by atoms with Crippen molar-refractivity contribution in [1.82, 2.24) is 0 Å². The summed E-state index contributed by atoms with van der Waals surface area (Å²) in [4.78, 5) is 22.1. The van der Waals surface area contributed by atoms with Crippen molar-refractivity contribution in [2.45, 2.75) is 82.3 Å². The molecule has 7 nitrogen and oxygen atoms in total. The van der Waals surface area contributed by atoms with Gasteiger partial charge in [0, 0.05) is 0 Å². The molecule has 1 unspecified atom stereocenters. The van der Waals surface area contributed by atoms with Crippen LogP contribution in [0.4, 0.5) is 0 Å². The van der Waals surface area contributed by atoms with Gasteiger partial charge in [0.05, 0.1) is 6.42 Å². The van der Waals surface area contributed by atoms with Gasteiger partial charge in [-0.05, 0) is 6.42 Å². The zero-order valence-electron chi connectivity index (χ0n) is 15.7. The number of aliphatic carboxylic acids is 2. The van der Waals surface area contributed by atoms with Crippen LogP contribution in [0.1, 0.15) is 79.0 Å². The summed E-state index contributed by atoms with van der Waals surface area (Å²) in [6, 6.07) is 0. The van der Waals surface area contributed by atoms with Crippen molar-refractivity contribution in [3.63, 3.8) is 0 Å². The predicted octanol–water partition coefficient (Wildman–Crippen LogP) is 0.210. The van der Waals surface area contributed by atoms with Crippen LogP contribution in [-0.2, 0) is 19.7 Å². The van der Waals surface area contributed by atoms with Crippen LogP contribution >= 0.6 is 0 Å². The molecule has 0 aliphatic carbocycles. The maximum absolute atomic E-state index is 11.4. The summed E-state index contributed by atoms with van der Waals surface area (Å²) in [5.41, 5.74) is 0. The van der Waals surface area contributed by atoms with Crippen molar-refractivity contribution in [2.75, 3.05) is 0 Å². The average Bonchev–Trinajstić information content (AvgIpc) is 2.42. The number of hydrogen-bond acceptors (Lipinski definition) is 4. The van der Waals surface area contributed by atoms with E-state index in [1.807, 2.05) is 0 Å². The van der Waals surface area contributed by atoms with Crippen LogP contribution in [0.15, 0.2) is 0 Å². The van der Waals surface area contributed by atoms with Gasteiger partial charge in [0.1, 0.15) is 0 Å². The number of unbranched alkanes of at least 4 members (excludes halogenated alkanes) is 8. The second kappa shape index (κ2) is 13.7. The van der Waals surface area contributed by atoms with Gasteiger partial charge in [0.15, 0.2) is 0 Å². The van der Waals surface area contributed by atoms with Crippen LogP contribution in [0, 0.1) is 0 Å². The molecule has 0 saturated carbocycles. The fraction of sp³-hybridized carbons (Fsp3) is 0.867. The normalized spacial score (nSPS) is 13.8. The van der Waals surface area contributed by atoms with Crippen LogP contribution < -0.4 is 51.4 Å². The average molecular weight is 393 g/mol. The van der Waals surface area contributed by atoms with Crippen LogP contribution in [-0.4, -0.2) is 39.9 Å². The fourth-order valence-corrected chi connectivity index (χ4v) is 3.50. The summed E-state index contributed by atoms with van der Waals surface area (Å²) >= 11 is 0.